The summed E-state index contributed by atoms with van der Waals surface area (Å²) in [4.78, 5) is 27.7. The van der Waals surface area contributed by atoms with Crippen LogP contribution in [-0.4, -0.2) is 25.4 Å². The summed E-state index contributed by atoms with van der Waals surface area (Å²) in [6.07, 6.45) is -4.75. The van der Waals surface area contributed by atoms with Crippen LogP contribution in [0.2, 0.25) is 5.02 Å². The first kappa shape index (κ1) is 25.4. The number of fused-ring (bicyclic) bond motifs is 1. The molecule has 1 N–H and O–H groups in total. The molecule has 36 heavy (non-hydrogen) atoms. The molecule has 0 saturated heterocycles. The van der Waals surface area contributed by atoms with E-state index in [4.69, 9.17) is 16.3 Å². The lowest BCUT2D eigenvalue weighted by Crippen LogP contribution is -2.16. The number of nitro groups is 1. The minimum absolute atomic E-state index is 0.0342. The number of carbonyl (C=O) groups is 1. The van der Waals surface area contributed by atoms with Gasteiger partial charge in [0.25, 0.3) is 11.6 Å². The third kappa shape index (κ3) is 5.11. The van der Waals surface area contributed by atoms with Gasteiger partial charge in [0.2, 0.25) is 0 Å². The Bertz CT molecular complexity index is 1540. The van der Waals surface area contributed by atoms with Crippen molar-refractivity contribution in [1.29, 1.82) is 0 Å². The van der Waals surface area contributed by atoms with E-state index in [1.54, 1.807) is 25.1 Å². The smallest absolute Gasteiger partial charge is 0.433 e. The van der Waals surface area contributed by atoms with Crippen molar-refractivity contribution in [3.05, 3.63) is 84.7 Å². The molecule has 0 fully saturated rings. The number of hydrogen-bond donors (Lipinski definition) is 1. The first-order valence-electron chi connectivity index (χ1n) is 10.0. The largest absolute Gasteiger partial charge is 0.457 e. The van der Waals surface area contributed by atoms with Gasteiger partial charge in [0.05, 0.1) is 21.1 Å². The van der Waals surface area contributed by atoms with Crippen molar-refractivity contribution >= 4 is 50.5 Å². The number of benzene rings is 2. The van der Waals surface area contributed by atoms with Crippen molar-refractivity contribution < 1.29 is 27.6 Å². The fourth-order valence-corrected chi connectivity index (χ4v) is 3.92. The van der Waals surface area contributed by atoms with Crippen LogP contribution >= 0.6 is 27.5 Å². The average Bonchev–Trinajstić information content (AvgIpc) is 3.11. The molecule has 2 heterocycles. The van der Waals surface area contributed by atoms with E-state index in [0.717, 1.165) is 18.2 Å². The van der Waals surface area contributed by atoms with Crippen LogP contribution in [0.3, 0.4) is 0 Å². The molecule has 2 aromatic carbocycles. The van der Waals surface area contributed by atoms with E-state index < -0.39 is 28.4 Å². The Morgan fingerprint density at radius 3 is 2.53 bits per heavy atom. The summed E-state index contributed by atoms with van der Waals surface area (Å²) < 4.78 is 46.6. The molecule has 0 saturated carbocycles. The Balaban J connectivity index is 1.70. The number of ether oxygens (including phenoxy) is 1. The standard InChI is InChI=1S/C22H14BrClF3N5O4/c1-10-5-14(3-4-16(10)24)36-15-8-12(7-13(9-15)32(34)35)29-21(33)19-18(23)20-28-11(2)6-17(22(25,26)27)31(20)30-19/h3-9H,1-2H3,(H,29,33). The van der Waals surface area contributed by atoms with Gasteiger partial charge in [0.1, 0.15) is 17.2 Å². The lowest BCUT2D eigenvalue weighted by molar-refractivity contribution is -0.384. The molecule has 0 spiro atoms. The molecule has 2 aromatic heterocycles. The Morgan fingerprint density at radius 2 is 1.89 bits per heavy atom. The maximum Gasteiger partial charge on any atom is 0.433 e. The second-order valence-electron chi connectivity index (χ2n) is 7.62. The zero-order chi connectivity index (χ0) is 26.4. The van der Waals surface area contributed by atoms with E-state index >= 15 is 0 Å². The number of rotatable bonds is 5. The summed E-state index contributed by atoms with van der Waals surface area (Å²) in [5.41, 5.74) is -1.38. The van der Waals surface area contributed by atoms with Gasteiger partial charge < -0.3 is 10.1 Å². The molecular weight excluding hydrogens is 571 g/mol. The van der Waals surface area contributed by atoms with E-state index in [1.807, 2.05) is 0 Å². The number of alkyl halides is 3. The number of anilines is 1. The second-order valence-corrected chi connectivity index (χ2v) is 8.82. The number of nitrogens with zero attached hydrogens (tertiary/aromatic N) is 4. The number of hydrogen-bond acceptors (Lipinski definition) is 6. The van der Waals surface area contributed by atoms with E-state index in [1.165, 1.54) is 13.0 Å². The fourth-order valence-electron chi connectivity index (χ4n) is 3.29. The average molecular weight is 585 g/mol. The highest BCUT2D eigenvalue weighted by Crippen LogP contribution is 2.34. The van der Waals surface area contributed by atoms with Gasteiger partial charge in [0, 0.05) is 22.8 Å². The minimum atomic E-state index is -4.75. The Morgan fingerprint density at radius 1 is 1.17 bits per heavy atom. The number of amides is 1. The zero-order valence-corrected chi connectivity index (χ0v) is 20.7. The van der Waals surface area contributed by atoms with Gasteiger partial charge in [-0.1, -0.05) is 11.6 Å². The number of non-ortho nitro benzene ring substituents is 1. The highest BCUT2D eigenvalue weighted by atomic mass is 79.9. The van der Waals surface area contributed by atoms with Crippen LogP contribution in [-0.2, 0) is 6.18 Å². The van der Waals surface area contributed by atoms with E-state index in [-0.39, 0.29) is 32.9 Å². The summed E-state index contributed by atoms with van der Waals surface area (Å²) in [6.45, 7) is 3.13. The second kappa shape index (κ2) is 9.39. The van der Waals surface area contributed by atoms with E-state index in [0.29, 0.717) is 20.9 Å². The summed E-state index contributed by atoms with van der Waals surface area (Å²) in [5.74, 6) is -0.544. The summed E-state index contributed by atoms with van der Waals surface area (Å²) in [5, 5.41) is 18.1. The molecule has 186 valence electrons. The SMILES string of the molecule is Cc1cc(C(F)(F)F)n2nc(C(=O)Nc3cc(Oc4ccc(Cl)c(C)c4)cc([N+](=O)[O-])c3)c(Br)c2n1. The number of halogens is 5. The van der Waals surface area contributed by atoms with Crippen LogP contribution in [0.15, 0.2) is 46.9 Å². The Kier molecular flexibility index (Phi) is 6.62. The maximum atomic E-state index is 13.5. The molecule has 0 atom stereocenters. The van der Waals surface area contributed by atoms with Gasteiger partial charge in [-0.15, -0.1) is 0 Å². The van der Waals surface area contributed by atoms with Crippen LogP contribution < -0.4 is 10.1 Å². The molecule has 0 aliphatic rings. The van der Waals surface area contributed by atoms with Crippen molar-refractivity contribution in [2.45, 2.75) is 20.0 Å². The number of nitrogens with one attached hydrogen (secondary N) is 1. The van der Waals surface area contributed by atoms with Gasteiger partial charge in [-0.25, -0.2) is 9.50 Å². The molecule has 1 amide bonds. The third-order valence-corrected chi connectivity index (χ3v) is 6.05. The molecule has 0 aliphatic carbocycles. The number of aromatic nitrogens is 3. The van der Waals surface area contributed by atoms with Crippen LogP contribution in [0.5, 0.6) is 11.5 Å². The van der Waals surface area contributed by atoms with Crippen LogP contribution in [0, 0.1) is 24.0 Å². The highest BCUT2D eigenvalue weighted by molar-refractivity contribution is 9.10. The molecule has 0 bridgehead atoms. The molecule has 0 unspecified atom stereocenters. The first-order valence-corrected chi connectivity index (χ1v) is 11.2. The maximum absolute atomic E-state index is 13.5. The summed E-state index contributed by atoms with van der Waals surface area (Å²) in [6, 6.07) is 9.14. The van der Waals surface area contributed by atoms with Crippen molar-refractivity contribution in [3.63, 3.8) is 0 Å². The highest BCUT2D eigenvalue weighted by Gasteiger charge is 2.36. The van der Waals surface area contributed by atoms with Crippen LogP contribution in [0.1, 0.15) is 27.4 Å². The van der Waals surface area contributed by atoms with Crippen LogP contribution in [0.4, 0.5) is 24.5 Å². The quantitative estimate of drug-likeness (QED) is 0.206. The summed E-state index contributed by atoms with van der Waals surface area (Å²) >= 11 is 9.10. The van der Waals surface area contributed by atoms with Crippen LogP contribution in [0.25, 0.3) is 5.65 Å². The predicted octanol–water partition coefficient (Wildman–Crippen LogP) is 6.73. The van der Waals surface area contributed by atoms with Gasteiger partial charge in [-0.3, -0.25) is 14.9 Å². The van der Waals surface area contributed by atoms with E-state index in [9.17, 15) is 28.1 Å². The molecule has 0 radical (unpaired) electrons. The monoisotopic (exact) mass is 583 g/mol. The fraction of sp³-hybridized carbons (Fsp3) is 0.136. The molecule has 4 aromatic rings. The number of carbonyl (C=O) groups excluding carboxylic acids is 1. The predicted molar refractivity (Wildman–Crippen MR) is 128 cm³/mol. The Labute approximate surface area is 214 Å². The molecule has 4 rings (SSSR count). The minimum Gasteiger partial charge on any atom is -0.457 e. The lowest BCUT2D eigenvalue weighted by Gasteiger charge is -2.10. The van der Waals surface area contributed by atoms with E-state index in [2.05, 4.69) is 31.3 Å². The number of aryl methyl sites for hydroxylation is 2. The van der Waals surface area contributed by atoms with Crippen molar-refractivity contribution in [2.24, 2.45) is 0 Å². The zero-order valence-electron chi connectivity index (χ0n) is 18.4. The molecule has 14 heteroatoms. The molecule has 0 aliphatic heterocycles. The molecule has 9 nitrogen and oxygen atoms in total. The van der Waals surface area contributed by atoms with Gasteiger partial charge >= 0.3 is 6.18 Å². The van der Waals surface area contributed by atoms with Crippen molar-refractivity contribution in [3.8, 4) is 11.5 Å². The van der Waals surface area contributed by atoms with Crippen molar-refractivity contribution in [1.82, 2.24) is 14.6 Å². The van der Waals surface area contributed by atoms with Gasteiger partial charge in [0.15, 0.2) is 11.3 Å². The van der Waals surface area contributed by atoms with Crippen molar-refractivity contribution in [2.75, 3.05) is 5.32 Å². The molecular formula is C22H14BrClF3N5O4. The topological polar surface area (TPSA) is 112 Å². The van der Waals surface area contributed by atoms with Gasteiger partial charge in [-0.2, -0.15) is 18.3 Å². The lowest BCUT2D eigenvalue weighted by atomic mass is 10.2. The first-order chi connectivity index (χ1) is 16.8. The normalized spacial score (nSPS) is 11.5. The van der Waals surface area contributed by atoms with Gasteiger partial charge in [-0.05, 0) is 59.6 Å². The number of nitro benzene ring substituents is 1. The Hall–Kier alpha value is -3.71. The third-order valence-electron chi connectivity index (χ3n) is 4.89. The summed E-state index contributed by atoms with van der Waals surface area (Å²) in [7, 11) is 0.